The summed E-state index contributed by atoms with van der Waals surface area (Å²) in [5.74, 6) is -3.15. The van der Waals surface area contributed by atoms with Crippen LogP contribution in [0.2, 0.25) is 0 Å². The Hall–Kier alpha value is -1.76. The van der Waals surface area contributed by atoms with Crippen molar-refractivity contribution >= 4 is 5.91 Å². The smallest absolute Gasteiger partial charge is 0.422 e. The highest BCUT2D eigenvalue weighted by atomic mass is 19.3. The van der Waals surface area contributed by atoms with Crippen LogP contribution in [0.15, 0.2) is 24.3 Å². The molecule has 1 saturated heterocycles. The fourth-order valence-corrected chi connectivity index (χ4v) is 1.95. The zero-order chi connectivity index (χ0) is 14.6. The van der Waals surface area contributed by atoms with E-state index in [0.29, 0.717) is 25.9 Å². The second-order valence-corrected chi connectivity index (χ2v) is 4.55. The van der Waals surface area contributed by atoms with Gasteiger partial charge in [0, 0.05) is 6.04 Å². The van der Waals surface area contributed by atoms with Crippen molar-refractivity contribution < 1.29 is 22.7 Å². The maximum atomic E-state index is 13.6. The molecule has 2 N–H and O–H groups in total. The molecule has 1 aromatic rings. The van der Waals surface area contributed by atoms with Gasteiger partial charge in [-0.2, -0.15) is 8.78 Å². The number of benzene rings is 1. The lowest BCUT2D eigenvalue weighted by atomic mass is 10.1. The molecular formula is C13H15F3N2O2. The quantitative estimate of drug-likeness (QED) is 0.886. The van der Waals surface area contributed by atoms with E-state index in [1.165, 1.54) is 12.1 Å². The van der Waals surface area contributed by atoms with Crippen LogP contribution in [0.3, 0.4) is 0 Å². The van der Waals surface area contributed by atoms with Crippen molar-refractivity contribution in [2.24, 2.45) is 0 Å². The molecule has 0 aliphatic carbocycles. The molecule has 110 valence electrons. The predicted molar refractivity (Wildman–Crippen MR) is 66.0 cm³/mol. The third-order valence-electron chi connectivity index (χ3n) is 3.01. The number of alkyl halides is 2. The van der Waals surface area contributed by atoms with Crippen LogP contribution in [-0.4, -0.2) is 31.1 Å². The van der Waals surface area contributed by atoms with Gasteiger partial charge in [0.05, 0.1) is 0 Å². The molecule has 1 fully saturated rings. The van der Waals surface area contributed by atoms with Gasteiger partial charge >= 0.3 is 12.0 Å². The summed E-state index contributed by atoms with van der Waals surface area (Å²) in [6.45, 7) is 1.31. The zero-order valence-electron chi connectivity index (χ0n) is 10.7. The van der Waals surface area contributed by atoms with Crippen molar-refractivity contribution in [3.63, 3.8) is 0 Å². The summed E-state index contributed by atoms with van der Waals surface area (Å²) in [6.07, 6.45) is -2.96. The van der Waals surface area contributed by atoms with Crippen LogP contribution < -0.4 is 15.4 Å². The van der Waals surface area contributed by atoms with Gasteiger partial charge in [0.15, 0.2) is 11.6 Å². The number of ether oxygens (including phenoxy) is 1. The van der Waals surface area contributed by atoms with Gasteiger partial charge < -0.3 is 15.4 Å². The van der Waals surface area contributed by atoms with Crippen molar-refractivity contribution in [3.8, 4) is 5.75 Å². The standard InChI is InChI=1S/C13H15F3N2O2/c14-10-3-1-2-4-11(10)20-13(15,16)12(19)18-9-5-7-17-8-6-9/h1-4,9,17H,5-8H2,(H,18,19). The summed E-state index contributed by atoms with van der Waals surface area (Å²) in [6, 6.07) is 4.39. The number of rotatable bonds is 4. The lowest BCUT2D eigenvalue weighted by molar-refractivity contribution is -0.194. The van der Waals surface area contributed by atoms with Gasteiger partial charge in [-0.1, -0.05) is 12.1 Å². The van der Waals surface area contributed by atoms with Gasteiger partial charge in [0.1, 0.15) is 0 Å². The van der Waals surface area contributed by atoms with Crippen LogP contribution in [0.1, 0.15) is 12.8 Å². The molecule has 4 nitrogen and oxygen atoms in total. The number of carbonyl (C=O) groups excluding carboxylic acids is 1. The van der Waals surface area contributed by atoms with Crippen LogP contribution in [-0.2, 0) is 4.79 Å². The number of hydrogen-bond donors (Lipinski definition) is 2. The molecule has 0 atom stereocenters. The molecule has 0 radical (unpaired) electrons. The van der Waals surface area contributed by atoms with Crippen LogP contribution in [0.25, 0.3) is 0 Å². The number of halogens is 3. The summed E-state index contributed by atoms with van der Waals surface area (Å²) in [7, 11) is 0. The van der Waals surface area contributed by atoms with Gasteiger partial charge in [-0.15, -0.1) is 0 Å². The van der Waals surface area contributed by atoms with E-state index in [2.05, 4.69) is 15.4 Å². The highest BCUT2D eigenvalue weighted by Crippen LogP contribution is 2.24. The average molecular weight is 288 g/mol. The number of piperidine rings is 1. The number of nitrogens with one attached hydrogen (secondary N) is 2. The third kappa shape index (κ3) is 3.63. The first-order chi connectivity index (χ1) is 9.49. The van der Waals surface area contributed by atoms with E-state index in [-0.39, 0.29) is 6.04 Å². The molecule has 0 unspecified atom stereocenters. The summed E-state index contributed by atoms with van der Waals surface area (Å²) < 4.78 is 44.7. The van der Waals surface area contributed by atoms with Crippen molar-refractivity contribution in [2.75, 3.05) is 13.1 Å². The Morgan fingerprint density at radius 3 is 2.60 bits per heavy atom. The molecule has 0 bridgehead atoms. The number of para-hydroxylation sites is 1. The van der Waals surface area contributed by atoms with Gasteiger partial charge in [0.2, 0.25) is 0 Å². The molecule has 2 rings (SSSR count). The van der Waals surface area contributed by atoms with Crippen LogP contribution >= 0.6 is 0 Å². The largest absolute Gasteiger partial charge is 0.482 e. The Morgan fingerprint density at radius 1 is 1.30 bits per heavy atom. The Balaban J connectivity index is 1.98. The molecule has 1 aliphatic heterocycles. The second-order valence-electron chi connectivity index (χ2n) is 4.55. The highest BCUT2D eigenvalue weighted by Gasteiger charge is 2.43. The Labute approximate surface area is 114 Å². The fraction of sp³-hybridized carbons (Fsp3) is 0.462. The number of hydrogen-bond acceptors (Lipinski definition) is 3. The molecule has 0 spiro atoms. The first-order valence-electron chi connectivity index (χ1n) is 6.32. The maximum Gasteiger partial charge on any atom is 0.482 e. The van der Waals surface area contributed by atoms with Gasteiger partial charge in [-0.05, 0) is 38.1 Å². The molecule has 0 saturated carbocycles. The minimum Gasteiger partial charge on any atom is -0.422 e. The summed E-state index contributed by atoms with van der Waals surface area (Å²) in [5.41, 5.74) is 0. The second kappa shape index (κ2) is 6.13. The number of amides is 1. The van der Waals surface area contributed by atoms with E-state index in [1.807, 2.05) is 0 Å². The Bertz CT molecular complexity index is 476. The lowest BCUT2D eigenvalue weighted by Crippen LogP contribution is -2.51. The van der Waals surface area contributed by atoms with Crippen LogP contribution in [0.5, 0.6) is 5.75 Å². The van der Waals surface area contributed by atoms with Crippen molar-refractivity contribution in [2.45, 2.75) is 25.0 Å². The molecule has 20 heavy (non-hydrogen) atoms. The summed E-state index contributed by atoms with van der Waals surface area (Å²) in [4.78, 5) is 11.5. The molecular weight excluding hydrogens is 273 g/mol. The third-order valence-corrected chi connectivity index (χ3v) is 3.01. The van der Waals surface area contributed by atoms with E-state index in [1.54, 1.807) is 0 Å². The van der Waals surface area contributed by atoms with E-state index in [4.69, 9.17) is 0 Å². The van der Waals surface area contributed by atoms with E-state index >= 15 is 0 Å². The van der Waals surface area contributed by atoms with Crippen molar-refractivity contribution in [1.82, 2.24) is 10.6 Å². The highest BCUT2D eigenvalue weighted by molar-refractivity contribution is 5.82. The molecule has 1 heterocycles. The van der Waals surface area contributed by atoms with Crippen LogP contribution in [0.4, 0.5) is 13.2 Å². The molecule has 1 aromatic carbocycles. The van der Waals surface area contributed by atoms with Gasteiger partial charge in [-0.25, -0.2) is 4.39 Å². The van der Waals surface area contributed by atoms with E-state index < -0.39 is 23.6 Å². The zero-order valence-corrected chi connectivity index (χ0v) is 10.7. The maximum absolute atomic E-state index is 13.6. The topological polar surface area (TPSA) is 50.4 Å². The normalized spacial score (nSPS) is 16.8. The van der Waals surface area contributed by atoms with Crippen LogP contribution in [0, 0.1) is 5.82 Å². The minimum absolute atomic E-state index is 0.321. The molecule has 0 aromatic heterocycles. The SMILES string of the molecule is O=C(NC1CCNCC1)C(F)(F)Oc1ccccc1F. The predicted octanol–water partition coefficient (Wildman–Crippen LogP) is 1.67. The molecule has 1 aliphatic rings. The minimum atomic E-state index is -4.10. The van der Waals surface area contributed by atoms with Crippen molar-refractivity contribution in [1.29, 1.82) is 0 Å². The van der Waals surface area contributed by atoms with E-state index in [9.17, 15) is 18.0 Å². The monoisotopic (exact) mass is 288 g/mol. The Morgan fingerprint density at radius 2 is 1.95 bits per heavy atom. The first-order valence-corrected chi connectivity index (χ1v) is 6.32. The average Bonchev–Trinajstić information content (AvgIpc) is 2.42. The molecule has 1 amide bonds. The first kappa shape index (κ1) is 14.6. The number of carbonyl (C=O) groups is 1. The van der Waals surface area contributed by atoms with Crippen molar-refractivity contribution in [3.05, 3.63) is 30.1 Å². The summed E-state index contributed by atoms with van der Waals surface area (Å²) >= 11 is 0. The Kier molecular flexibility index (Phi) is 4.49. The van der Waals surface area contributed by atoms with Gasteiger partial charge in [-0.3, -0.25) is 4.79 Å². The summed E-state index contributed by atoms with van der Waals surface area (Å²) in [5, 5.41) is 5.28. The van der Waals surface area contributed by atoms with E-state index in [0.717, 1.165) is 12.1 Å². The van der Waals surface area contributed by atoms with Gasteiger partial charge in [0.25, 0.3) is 0 Å². The fourth-order valence-electron chi connectivity index (χ4n) is 1.95. The molecule has 7 heteroatoms. The lowest BCUT2D eigenvalue weighted by Gasteiger charge is -2.25.